The van der Waals surface area contributed by atoms with Crippen molar-refractivity contribution in [1.82, 2.24) is 9.88 Å². The van der Waals surface area contributed by atoms with Crippen LogP contribution in [0.5, 0.6) is 0 Å². The molecular weight excluding hydrogens is 330 g/mol. The number of amides is 1. The second-order valence-electron chi connectivity index (χ2n) is 5.19. The molecule has 2 aromatic rings. The first kappa shape index (κ1) is 14.1. The summed E-state index contributed by atoms with van der Waals surface area (Å²) in [4.78, 5) is 18.6. The summed E-state index contributed by atoms with van der Waals surface area (Å²) in [7, 11) is 0. The topological polar surface area (TPSA) is 59.2 Å². The number of benzene rings is 1. The Balaban J connectivity index is 1.90. The summed E-state index contributed by atoms with van der Waals surface area (Å²) in [6.07, 6.45) is 3.57. The summed E-state index contributed by atoms with van der Waals surface area (Å²) in [6.45, 7) is 1.36. The summed E-state index contributed by atoms with van der Waals surface area (Å²) in [5.74, 6) is 0.221. The Kier molecular flexibility index (Phi) is 3.92. The molecule has 0 unspecified atom stereocenters. The van der Waals surface area contributed by atoms with Gasteiger partial charge in [0, 0.05) is 23.8 Å². The van der Waals surface area contributed by atoms with Crippen molar-refractivity contribution in [3.8, 4) is 0 Å². The highest BCUT2D eigenvalue weighted by Gasteiger charge is 2.22. The van der Waals surface area contributed by atoms with Gasteiger partial charge in [0.05, 0.1) is 5.56 Å². The number of hydrogen-bond acceptors (Lipinski definition) is 3. The standard InChI is InChI=1S/C16H16BrN3O/c17-13-8-14(15(18)19-9-13)16(21)20-7-3-6-11-4-1-2-5-12(11)10-20/h1-2,4-5,8-9H,3,6-7,10H2,(H2,18,19). The first-order valence-corrected chi connectivity index (χ1v) is 7.71. The lowest BCUT2D eigenvalue weighted by atomic mass is 10.0. The van der Waals surface area contributed by atoms with E-state index >= 15 is 0 Å². The lowest BCUT2D eigenvalue weighted by molar-refractivity contribution is 0.0746. The van der Waals surface area contributed by atoms with Crippen LogP contribution in [-0.2, 0) is 13.0 Å². The van der Waals surface area contributed by atoms with Crippen LogP contribution in [0.3, 0.4) is 0 Å². The molecule has 0 bridgehead atoms. The number of carbonyl (C=O) groups is 1. The Morgan fingerprint density at radius 2 is 2.05 bits per heavy atom. The fourth-order valence-electron chi connectivity index (χ4n) is 2.67. The minimum Gasteiger partial charge on any atom is -0.383 e. The maximum atomic E-state index is 12.7. The maximum absolute atomic E-state index is 12.7. The average Bonchev–Trinajstić information content (AvgIpc) is 2.71. The van der Waals surface area contributed by atoms with E-state index in [1.807, 2.05) is 17.0 Å². The molecule has 1 aromatic carbocycles. The number of halogens is 1. The number of pyridine rings is 1. The molecule has 1 aromatic heterocycles. The molecule has 5 heteroatoms. The lowest BCUT2D eigenvalue weighted by Gasteiger charge is -2.21. The van der Waals surface area contributed by atoms with Crippen LogP contribution in [-0.4, -0.2) is 22.3 Å². The quantitative estimate of drug-likeness (QED) is 0.864. The molecule has 2 N–H and O–H groups in total. The van der Waals surface area contributed by atoms with Crippen molar-refractivity contribution in [1.29, 1.82) is 0 Å². The van der Waals surface area contributed by atoms with Gasteiger partial charge in [0.1, 0.15) is 5.82 Å². The number of nitrogen functional groups attached to an aromatic ring is 1. The Hall–Kier alpha value is -1.88. The Labute approximate surface area is 132 Å². The summed E-state index contributed by atoms with van der Waals surface area (Å²) in [6, 6.07) is 10.0. The second kappa shape index (κ2) is 5.85. The molecule has 0 aliphatic carbocycles. The van der Waals surface area contributed by atoms with E-state index < -0.39 is 0 Å². The van der Waals surface area contributed by atoms with E-state index in [9.17, 15) is 4.79 Å². The van der Waals surface area contributed by atoms with Crippen LogP contribution in [0.25, 0.3) is 0 Å². The molecular formula is C16H16BrN3O. The number of nitrogens with two attached hydrogens (primary N) is 1. The fraction of sp³-hybridized carbons (Fsp3) is 0.250. The van der Waals surface area contributed by atoms with Crippen molar-refractivity contribution in [2.24, 2.45) is 0 Å². The van der Waals surface area contributed by atoms with E-state index in [0.717, 1.165) is 23.9 Å². The highest BCUT2D eigenvalue weighted by atomic mass is 79.9. The number of carbonyl (C=O) groups excluding carboxylic acids is 1. The van der Waals surface area contributed by atoms with Gasteiger partial charge in [0.25, 0.3) is 5.91 Å². The number of fused-ring (bicyclic) bond motifs is 1. The third-order valence-corrected chi connectivity index (χ3v) is 4.19. The van der Waals surface area contributed by atoms with Crippen LogP contribution in [0.15, 0.2) is 41.0 Å². The van der Waals surface area contributed by atoms with E-state index in [4.69, 9.17) is 5.73 Å². The number of aromatic nitrogens is 1. The van der Waals surface area contributed by atoms with Gasteiger partial charge in [0.15, 0.2) is 0 Å². The van der Waals surface area contributed by atoms with Gasteiger partial charge >= 0.3 is 0 Å². The van der Waals surface area contributed by atoms with Crippen molar-refractivity contribution in [3.63, 3.8) is 0 Å². The lowest BCUT2D eigenvalue weighted by Crippen LogP contribution is -2.31. The zero-order valence-corrected chi connectivity index (χ0v) is 13.1. The van der Waals surface area contributed by atoms with Crippen LogP contribution in [0.2, 0.25) is 0 Å². The summed E-state index contributed by atoms with van der Waals surface area (Å²) >= 11 is 3.34. The number of hydrogen-bond donors (Lipinski definition) is 1. The maximum Gasteiger partial charge on any atom is 0.257 e. The predicted molar refractivity (Wildman–Crippen MR) is 85.9 cm³/mol. The molecule has 1 aliphatic rings. The number of aryl methyl sites for hydroxylation is 1. The minimum atomic E-state index is -0.0574. The number of nitrogens with zero attached hydrogens (tertiary/aromatic N) is 2. The SMILES string of the molecule is Nc1ncc(Br)cc1C(=O)N1CCCc2ccccc2C1. The monoisotopic (exact) mass is 345 g/mol. The zero-order valence-electron chi connectivity index (χ0n) is 11.6. The normalized spacial score (nSPS) is 14.4. The summed E-state index contributed by atoms with van der Waals surface area (Å²) in [5.41, 5.74) is 8.85. The van der Waals surface area contributed by atoms with Gasteiger partial charge in [-0.25, -0.2) is 4.98 Å². The van der Waals surface area contributed by atoms with Crippen LogP contribution >= 0.6 is 15.9 Å². The summed E-state index contributed by atoms with van der Waals surface area (Å²) < 4.78 is 0.760. The third kappa shape index (κ3) is 2.93. The molecule has 0 saturated carbocycles. The number of anilines is 1. The molecule has 1 aliphatic heterocycles. The first-order chi connectivity index (χ1) is 10.1. The van der Waals surface area contributed by atoms with Crippen LogP contribution in [0, 0.1) is 0 Å². The highest BCUT2D eigenvalue weighted by molar-refractivity contribution is 9.10. The van der Waals surface area contributed by atoms with Gasteiger partial charge in [-0.05, 0) is 46.0 Å². The fourth-order valence-corrected chi connectivity index (χ4v) is 3.00. The number of rotatable bonds is 1. The third-order valence-electron chi connectivity index (χ3n) is 3.76. The van der Waals surface area contributed by atoms with Gasteiger partial charge in [0.2, 0.25) is 0 Å². The van der Waals surface area contributed by atoms with Crippen LogP contribution in [0.1, 0.15) is 27.9 Å². The zero-order chi connectivity index (χ0) is 14.8. The second-order valence-corrected chi connectivity index (χ2v) is 6.10. The molecule has 21 heavy (non-hydrogen) atoms. The van der Waals surface area contributed by atoms with Crippen LogP contribution < -0.4 is 5.73 Å². The van der Waals surface area contributed by atoms with E-state index in [1.54, 1.807) is 12.3 Å². The van der Waals surface area contributed by atoms with Crippen molar-refractivity contribution >= 4 is 27.7 Å². The molecule has 0 atom stereocenters. The highest BCUT2D eigenvalue weighted by Crippen LogP contribution is 2.22. The van der Waals surface area contributed by atoms with Gasteiger partial charge in [-0.1, -0.05) is 24.3 Å². The minimum absolute atomic E-state index is 0.0574. The van der Waals surface area contributed by atoms with Crippen molar-refractivity contribution < 1.29 is 4.79 Å². The molecule has 0 fully saturated rings. The molecule has 108 valence electrons. The summed E-state index contributed by atoms with van der Waals surface area (Å²) in [5, 5.41) is 0. The average molecular weight is 346 g/mol. The molecule has 0 radical (unpaired) electrons. The smallest absolute Gasteiger partial charge is 0.257 e. The van der Waals surface area contributed by atoms with Gasteiger partial charge in [-0.3, -0.25) is 4.79 Å². The van der Waals surface area contributed by atoms with Crippen molar-refractivity contribution in [3.05, 3.63) is 57.7 Å². The Bertz CT molecular complexity index is 687. The van der Waals surface area contributed by atoms with E-state index in [1.165, 1.54) is 11.1 Å². The molecule has 2 heterocycles. The van der Waals surface area contributed by atoms with Crippen molar-refractivity contribution in [2.45, 2.75) is 19.4 Å². The van der Waals surface area contributed by atoms with Gasteiger partial charge < -0.3 is 10.6 Å². The van der Waals surface area contributed by atoms with Crippen molar-refractivity contribution in [2.75, 3.05) is 12.3 Å². The Morgan fingerprint density at radius 3 is 2.86 bits per heavy atom. The van der Waals surface area contributed by atoms with E-state index in [2.05, 4.69) is 33.0 Å². The molecule has 4 nitrogen and oxygen atoms in total. The molecule has 3 rings (SSSR count). The van der Waals surface area contributed by atoms with E-state index in [0.29, 0.717) is 12.1 Å². The van der Waals surface area contributed by atoms with E-state index in [-0.39, 0.29) is 11.7 Å². The van der Waals surface area contributed by atoms with Gasteiger partial charge in [-0.15, -0.1) is 0 Å². The first-order valence-electron chi connectivity index (χ1n) is 6.92. The molecule has 0 spiro atoms. The largest absolute Gasteiger partial charge is 0.383 e. The van der Waals surface area contributed by atoms with Gasteiger partial charge in [-0.2, -0.15) is 0 Å². The van der Waals surface area contributed by atoms with Crippen LogP contribution in [0.4, 0.5) is 5.82 Å². The molecule has 1 amide bonds. The predicted octanol–water partition coefficient (Wildman–Crippen LogP) is 3.01. The molecule has 0 saturated heterocycles. The Morgan fingerprint density at radius 1 is 1.29 bits per heavy atom.